The van der Waals surface area contributed by atoms with Gasteiger partial charge in [0.05, 0.1) is 17.6 Å². The number of esters is 1. The highest BCUT2D eigenvalue weighted by molar-refractivity contribution is 6.00. The van der Waals surface area contributed by atoms with Crippen molar-refractivity contribution in [2.24, 2.45) is 5.92 Å². The Morgan fingerprint density at radius 3 is 2.23 bits per heavy atom. The van der Waals surface area contributed by atoms with Crippen LogP contribution in [0.3, 0.4) is 0 Å². The first-order chi connectivity index (χ1) is 16.8. The van der Waals surface area contributed by atoms with Crippen LogP contribution in [0.2, 0.25) is 0 Å². The van der Waals surface area contributed by atoms with E-state index in [1.165, 1.54) is 32.1 Å². The van der Waals surface area contributed by atoms with Gasteiger partial charge in [0.2, 0.25) is 5.91 Å². The number of aryl methyl sites for hydroxylation is 1. The Hall–Kier alpha value is -2.35. The lowest BCUT2D eigenvalue weighted by Crippen LogP contribution is -2.55. The molecule has 2 amide bonds. The number of nitrogens with zero attached hydrogens (tertiary/aromatic N) is 3. The van der Waals surface area contributed by atoms with Crippen LogP contribution in [-0.4, -0.2) is 88.9 Å². The van der Waals surface area contributed by atoms with E-state index in [9.17, 15) is 14.4 Å². The SMILES string of the molecule is Cc1[nH]c(C(=O)N2CCC[C@H](C(=O)N3CCN(C4CCCCC4)CC3)C2)c(C)c1C(=O)OC(C)C. The van der Waals surface area contributed by atoms with Gasteiger partial charge in [-0.25, -0.2) is 4.79 Å². The molecule has 0 spiro atoms. The number of hydrogen-bond donors (Lipinski definition) is 1. The largest absolute Gasteiger partial charge is 0.459 e. The fraction of sp³-hybridized carbons (Fsp3) is 0.741. The minimum Gasteiger partial charge on any atom is -0.459 e. The highest BCUT2D eigenvalue weighted by Crippen LogP contribution is 2.27. The van der Waals surface area contributed by atoms with Crippen molar-refractivity contribution in [1.29, 1.82) is 0 Å². The van der Waals surface area contributed by atoms with Crippen molar-refractivity contribution < 1.29 is 19.1 Å². The highest BCUT2D eigenvalue weighted by Gasteiger charge is 2.35. The minimum atomic E-state index is -0.413. The maximum absolute atomic E-state index is 13.4. The Balaban J connectivity index is 1.36. The molecule has 0 unspecified atom stereocenters. The van der Waals surface area contributed by atoms with Crippen molar-refractivity contribution in [3.8, 4) is 0 Å². The summed E-state index contributed by atoms with van der Waals surface area (Å²) in [6, 6.07) is 0.694. The third-order valence-electron chi connectivity index (χ3n) is 7.97. The molecule has 1 aromatic heterocycles. The van der Waals surface area contributed by atoms with Crippen LogP contribution < -0.4 is 0 Å². The number of amides is 2. The number of piperazine rings is 1. The summed E-state index contributed by atoms with van der Waals surface area (Å²) in [5.41, 5.74) is 2.11. The topological polar surface area (TPSA) is 86.0 Å². The molecule has 4 rings (SSSR count). The van der Waals surface area contributed by atoms with E-state index < -0.39 is 5.97 Å². The number of ether oxygens (including phenoxy) is 1. The number of nitrogens with one attached hydrogen (secondary N) is 1. The molecule has 35 heavy (non-hydrogen) atoms. The minimum absolute atomic E-state index is 0.145. The molecule has 8 nitrogen and oxygen atoms in total. The van der Waals surface area contributed by atoms with Gasteiger partial charge in [-0.2, -0.15) is 0 Å². The van der Waals surface area contributed by atoms with E-state index in [4.69, 9.17) is 4.74 Å². The predicted octanol–water partition coefficient (Wildman–Crippen LogP) is 3.53. The van der Waals surface area contributed by atoms with Crippen molar-refractivity contribution in [3.63, 3.8) is 0 Å². The maximum Gasteiger partial charge on any atom is 0.340 e. The lowest BCUT2D eigenvalue weighted by Gasteiger charge is -2.42. The molecule has 1 atom stereocenters. The quantitative estimate of drug-likeness (QED) is 0.644. The third kappa shape index (κ3) is 5.74. The Labute approximate surface area is 209 Å². The number of H-pyrrole nitrogens is 1. The van der Waals surface area contributed by atoms with E-state index in [1.807, 2.05) is 18.7 Å². The van der Waals surface area contributed by atoms with Gasteiger partial charge in [0.25, 0.3) is 5.91 Å². The van der Waals surface area contributed by atoms with Gasteiger partial charge in [0.1, 0.15) is 5.69 Å². The number of aromatic nitrogens is 1. The van der Waals surface area contributed by atoms with Gasteiger partial charge < -0.3 is 19.5 Å². The molecular formula is C27H42N4O4. The second-order valence-electron chi connectivity index (χ2n) is 10.8. The summed E-state index contributed by atoms with van der Waals surface area (Å²) in [4.78, 5) is 48.8. The second kappa shape index (κ2) is 11.1. The summed E-state index contributed by atoms with van der Waals surface area (Å²) < 4.78 is 5.36. The van der Waals surface area contributed by atoms with Gasteiger partial charge >= 0.3 is 5.97 Å². The molecule has 0 aromatic carbocycles. The van der Waals surface area contributed by atoms with Crippen molar-refractivity contribution in [2.75, 3.05) is 39.3 Å². The lowest BCUT2D eigenvalue weighted by molar-refractivity contribution is -0.139. The van der Waals surface area contributed by atoms with E-state index in [-0.39, 0.29) is 23.8 Å². The summed E-state index contributed by atoms with van der Waals surface area (Å²) in [5.74, 6) is -0.528. The standard InChI is InChI=1S/C27H42N4O4/c1-18(2)35-27(34)23-19(3)24(28-20(23)4)26(33)31-12-8-9-21(17-31)25(32)30-15-13-29(14-16-30)22-10-6-5-7-11-22/h18,21-22,28H,5-17H2,1-4H3/t21-/m0/s1. The smallest absolute Gasteiger partial charge is 0.340 e. The van der Waals surface area contributed by atoms with Gasteiger partial charge in [-0.05, 0) is 58.9 Å². The molecule has 1 N–H and O–H groups in total. The Morgan fingerprint density at radius 1 is 0.886 bits per heavy atom. The molecular weight excluding hydrogens is 444 g/mol. The van der Waals surface area contributed by atoms with Crippen LogP contribution in [0.4, 0.5) is 0 Å². The van der Waals surface area contributed by atoms with Gasteiger partial charge in [-0.1, -0.05) is 19.3 Å². The predicted molar refractivity (Wildman–Crippen MR) is 134 cm³/mol. The van der Waals surface area contributed by atoms with E-state index in [1.54, 1.807) is 18.7 Å². The zero-order valence-corrected chi connectivity index (χ0v) is 21.9. The van der Waals surface area contributed by atoms with Crippen LogP contribution >= 0.6 is 0 Å². The molecule has 3 fully saturated rings. The van der Waals surface area contributed by atoms with E-state index in [2.05, 4.69) is 9.88 Å². The molecule has 0 radical (unpaired) electrons. The van der Waals surface area contributed by atoms with Crippen LogP contribution in [0.15, 0.2) is 0 Å². The zero-order valence-electron chi connectivity index (χ0n) is 21.9. The normalized spacial score (nSPS) is 22.5. The summed E-state index contributed by atoms with van der Waals surface area (Å²) in [7, 11) is 0. The van der Waals surface area contributed by atoms with Crippen LogP contribution in [0, 0.1) is 19.8 Å². The van der Waals surface area contributed by atoms with Crippen LogP contribution in [0.1, 0.15) is 90.9 Å². The first kappa shape index (κ1) is 25.7. The molecule has 3 heterocycles. The molecule has 1 aromatic rings. The van der Waals surface area contributed by atoms with E-state index in [0.29, 0.717) is 41.6 Å². The number of piperidine rings is 1. The molecule has 194 valence electrons. The summed E-state index contributed by atoms with van der Waals surface area (Å²) in [6.45, 7) is 11.7. The van der Waals surface area contributed by atoms with Crippen molar-refractivity contribution in [3.05, 3.63) is 22.5 Å². The average Bonchev–Trinajstić information content (AvgIpc) is 3.17. The molecule has 2 saturated heterocycles. The van der Waals surface area contributed by atoms with Crippen LogP contribution in [0.5, 0.6) is 0 Å². The molecule has 3 aliphatic rings. The number of aromatic amines is 1. The number of rotatable bonds is 5. The highest BCUT2D eigenvalue weighted by atomic mass is 16.5. The average molecular weight is 487 g/mol. The molecule has 1 aliphatic carbocycles. The first-order valence-electron chi connectivity index (χ1n) is 13.5. The van der Waals surface area contributed by atoms with E-state index >= 15 is 0 Å². The van der Waals surface area contributed by atoms with Gasteiger partial charge in [-0.15, -0.1) is 0 Å². The van der Waals surface area contributed by atoms with Crippen molar-refractivity contribution in [2.45, 2.75) is 84.8 Å². The van der Waals surface area contributed by atoms with Gasteiger partial charge in [0, 0.05) is 51.0 Å². The molecule has 0 bridgehead atoms. The molecule has 2 aliphatic heterocycles. The third-order valence-corrected chi connectivity index (χ3v) is 7.97. The van der Waals surface area contributed by atoms with Crippen molar-refractivity contribution in [1.82, 2.24) is 19.7 Å². The Morgan fingerprint density at radius 2 is 1.57 bits per heavy atom. The van der Waals surface area contributed by atoms with E-state index in [0.717, 1.165) is 39.0 Å². The first-order valence-corrected chi connectivity index (χ1v) is 13.5. The fourth-order valence-electron chi connectivity index (χ4n) is 6.08. The zero-order chi connectivity index (χ0) is 25.1. The second-order valence-corrected chi connectivity index (χ2v) is 10.8. The van der Waals surface area contributed by atoms with Gasteiger partial charge in [-0.3, -0.25) is 14.5 Å². The number of carbonyl (C=O) groups excluding carboxylic acids is 3. The van der Waals surface area contributed by atoms with Crippen LogP contribution in [0.25, 0.3) is 0 Å². The van der Waals surface area contributed by atoms with Crippen LogP contribution in [-0.2, 0) is 9.53 Å². The summed E-state index contributed by atoms with van der Waals surface area (Å²) in [6.07, 6.45) is 8.01. The number of hydrogen-bond acceptors (Lipinski definition) is 5. The molecule has 1 saturated carbocycles. The summed E-state index contributed by atoms with van der Waals surface area (Å²) in [5, 5.41) is 0. The molecule has 8 heteroatoms. The van der Waals surface area contributed by atoms with Crippen molar-refractivity contribution >= 4 is 17.8 Å². The monoisotopic (exact) mass is 486 g/mol. The fourth-order valence-corrected chi connectivity index (χ4v) is 6.08. The number of carbonyl (C=O) groups is 3. The van der Waals surface area contributed by atoms with Gasteiger partial charge in [0.15, 0.2) is 0 Å². The Bertz CT molecular complexity index is 926. The summed E-state index contributed by atoms with van der Waals surface area (Å²) >= 11 is 0. The maximum atomic E-state index is 13.4. The lowest BCUT2D eigenvalue weighted by atomic mass is 9.93. The number of likely N-dealkylation sites (tertiary alicyclic amines) is 1. The Kier molecular flexibility index (Phi) is 8.19.